The van der Waals surface area contributed by atoms with Gasteiger partial charge in [-0.05, 0) is 28.1 Å². The van der Waals surface area contributed by atoms with Crippen molar-refractivity contribution >= 4 is 38.9 Å². The first-order chi connectivity index (χ1) is 5.17. The molecule has 2 N–H and O–H groups in total. The van der Waals surface area contributed by atoms with Gasteiger partial charge in [0, 0.05) is 0 Å². The predicted octanol–water partition coefficient (Wildman–Crippen LogP) is 2.77. The minimum Gasteiger partial charge on any atom is -0.339 e. The maximum absolute atomic E-state index is 5.93. The number of anilines is 2. The van der Waals surface area contributed by atoms with E-state index in [-0.39, 0.29) is 0 Å². The topological polar surface area (TPSA) is 24.1 Å². The number of halogens is 2. The van der Waals surface area contributed by atoms with Crippen LogP contribution in [0.3, 0.4) is 0 Å². The predicted molar refractivity (Wildman–Crippen MR) is 51.2 cm³/mol. The summed E-state index contributed by atoms with van der Waals surface area (Å²) in [4.78, 5) is 0. The van der Waals surface area contributed by atoms with Crippen LogP contribution in [0.2, 0.25) is 0 Å². The summed E-state index contributed by atoms with van der Waals surface area (Å²) in [6.45, 7) is 0. The molecule has 2 nitrogen and oxygen atoms in total. The summed E-state index contributed by atoms with van der Waals surface area (Å²) in [5.74, 6) is 0. The number of para-hydroxylation sites is 2. The Bertz CT molecular complexity index is 261. The molecule has 0 amide bonds. The molecule has 1 aromatic carbocycles. The Balaban J connectivity index is 2.41. The molecule has 0 unspecified atom stereocenters. The third-order valence-corrected chi connectivity index (χ3v) is 2.10. The van der Waals surface area contributed by atoms with Crippen molar-refractivity contribution in [1.29, 1.82) is 0 Å². The second-order valence-corrected chi connectivity index (χ2v) is 4.58. The zero-order valence-electron chi connectivity index (χ0n) is 5.57. The van der Waals surface area contributed by atoms with Gasteiger partial charge in [-0.3, -0.25) is 0 Å². The van der Waals surface area contributed by atoms with Crippen LogP contribution in [0.5, 0.6) is 0 Å². The average molecular weight is 233 g/mol. The SMILES string of the molecule is ClC1(Br)Nc2ccccc2N1. The first-order valence-electron chi connectivity index (χ1n) is 3.21. The van der Waals surface area contributed by atoms with Crippen molar-refractivity contribution in [1.82, 2.24) is 0 Å². The fourth-order valence-electron chi connectivity index (χ4n) is 1.07. The van der Waals surface area contributed by atoms with Crippen molar-refractivity contribution in [3.05, 3.63) is 24.3 Å². The van der Waals surface area contributed by atoms with Crippen LogP contribution in [0.15, 0.2) is 24.3 Å². The van der Waals surface area contributed by atoms with E-state index in [0.29, 0.717) is 0 Å². The highest BCUT2D eigenvalue weighted by Crippen LogP contribution is 2.38. The lowest BCUT2D eigenvalue weighted by Gasteiger charge is -2.13. The zero-order chi connectivity index (χ0) is 7.90. The standard InChI is InChI=1S/C7H6BrClN2/c8-7(9)10-5-3-1-2-4-6(5)11-7/h1-4,10-11H. The van der Waals surface area contributed by atoms with E-state index < -0.39 is 4.03 Å². The summed E-state index contributed by atoms with van der Waals surface area (Å²) in [6.07, 6.45) is 0. The van der Waals surface area contributed by atoms with Gasteiger partial charge in [0.1, 0.15) is 0 Å². The van der Waals surface area contributed by atoms with Gasteiger partial charge in [0.25, 0.3) is 0 Å². The Morgan fingerprint density at radius 2 is 1.64 bits per heavy atom. The lowest BCUT2D eigenvalue weighted by molar-refractivity contribution is 1.13. The first kappa shape index (κ1) is 7.25. The highest BCUT2D eigenvalue weighted by molar-refractivity contribution is 9.10. The summed E-state index contributed by atoms with van der Waals surface area (Å²) >= 11 is 9.19. The molecule has 0 radical (unpaired) electrons. The summed E-state index contributed by atoms with van der Waals surface area (Å²) in [7, 11) is 0. The molecular formula is C7H6BrClN2. The number of alkyl halides is 2. The number of benzene rings is 1. The molecule has 1 aromatic rings. The Labute approximate surface area is 78.1 Å². The fraction of sp³-hybridized carbons (Fsp3) is 0.143. The molecule has 0 bridgehead atoms. The van der Waals surface area contributed by atoms with Crippen LogP contribution in [0.25, 0.3) is 0 Å². The van der Waals surface area contributed by atoms with E-state index in [0.717, 1.165) is 11.4 Å². The molecule has 1 aliphatic rings. The first-order valence-corrected chi connectivity index (χ1v) is 4.38. The molecule has 58 valence electrons. The van der Waals surface area contributed by atoms with Gasteiger partial charge in [-0.2, -0.15) is 0 Å². The lowest BCUT2D eigenvalue weighted by atomic mass is 10.3. The van der Waals surface area contributed by atoms with Crippen LogP contribution in [0.1, 0.15) is 0 Å². The number of nitrogens with one attached hydrogen (secondary N) is 2. The van der Waals surface area contributed by atoms with E-state index in [1.54, 1.807) is 0 Å². The Hall–Kier alpha value is -0.410. The van der Waals surface area contributed by atoms with Gasteiger partial charge < -0.3 is 10.6 Å². The van der Waals surface area contributed by atoms with E-state index in [4.69, 9.17) is 11.6 Å². The quantitative estimate of drug-likeness (QED) is 0.532. The third-order valence-electron chi connectivity index (χ3n) is 1.51. The zero-order valence-corrected chi connectivity index (χ0v) is 7.91. The second kappa shape index (κ2) is 2.29. The Morgan fingerprint density at radius 3 is 2.09 bits per heavy atom. The van der Waals surface area contributed by atoms with Crippen molar-refractivity contribution in [2.75, 3.05) is 10.6 Å². The van der Waals surface area contributed by atoms with Gasteiger partial charge in [0.2, 0.25) is 4.03 Å². The molecule has 1 aliphatic heterocycles. The second-order valence-electron chi connectivity index (χ2n) is 2.37. The van der Waals surface area contributed by atoms with Crippen molar-refractivity contribution in [2.45, 2.75) is 4.03 Å². The minimum absolute atomic E-state index is 0.712. The van der Waals surface area contributed by atoms with Crippen molar-refractivity contribution in [2.24, 2.45) is 0 Å². The van der Waals surface area contributed by atoms with Gasteiger partial charge in [0.05, 0.1) is 11.4 Å². The summed E-state index contributed by atoms with van der Waals surface area (Å²) in [6, 6.07) is 7.85. The molecule has 0 saturated heterocycles. The van der Waals surface area contributed by atoms with E-state index in [1.807, 2.05) is 24.3 Å². The third kappa shape index (κ3) is 1.30. The normalized spacial score (nSPS) is 18.4. The molecule has 0 fully saturated rings. The fourth-order valence-corrected chi connectivity index (χ4v) is 1.70. The number of hydrogen-bond acceptors (Lipinski definition) is 2. The number of hydrogen-bond donors (Lipinski definition) is 2. The van der Waals surface area contributed by atoms with E-state index in [1.165, 1.54) is 0 Å². The summed E-state index contributed by atoms with van der Waals surface area (Å²) in [5, 5.41) is 6.09. The maximum atomic E-state index is 5.93. The molecule has 2 rings (SSSR count). The maximum Gasteiger partial charge on any atom is 0.244 e. The van der Waals surface area contributed by atoms with Crippen LogP contribution in [0, 0.1) is 0 Å². The number of rotatable bonds is 0. The minimum atomic E-state index is -0.712. The van der Waals surface area contributed by atoms with Crippen molar-refractivity contribution < 1.29 is 0 Å². The Morgan fingerprint density at radius 1 is 1.18 bits per heavy atom. The molecule has 0 aliphatic carbocycles. The van der Waals surface area contributed by atoms with Gasteiger partial charge in [-0.25, -0.2) is 0 Å². The summed E-state index contributed by atoms with van der Waals surface area (Å²) < 4.78 is -0.712. The van der Waals surface area contributed by atoms with Gasteiger partial charge >= 0.3 is 0 Å². The molecule has 0 spiro atoms. The Kier molecular flexibility index (Phi) is 1.51. The molecule has 0 saturated carbocycles. The van der Waals surface area contributed by atoms with Crippen LogP contribution in [0.4, 0.5) is 11.4 Å². The van der Waals surface area contributed by atoms with Crippen molar-refractivity contribution in [3.8, 4) is 0 Å². The highest BCUT2D eigenvalue weighted by atomic mass is 79.9. The molecule has 0 aromatic heterocycles. The monoisotopic (exact) mass is 232 g/mol. The van der Waals surface area contributed by atoms with E-state index in [9.17, 15) is 0 Å². The van der Waals surface area contributed by atoms with Crippen LogP contribution in [-0.4, -0.2) is 4.03 Å². The van der Waals surface area contributed by atoms with E-state index in [2.05, 4.69) is 26.6 Å². The largest absolute Gasteiger partial charge is 0.339 e. The van der Waals surface area contributed by atoms with Crippen molar-refractivity contribution in [3.63, 3.8) is 0 Å². The van der Waals surface area contributed by atoms with E-state index >= 15 is 0 Å². The van der Waals surface area contributed by atoms with Crippen LogP contribution >= 0.6 is 27.5 Å². The molecule has 11 heavy (non-hydrogen) atoms. The smallest absolute Gasteiger partial charge is 0.244 e. The molecule has 0 atom stereocenters. The molecular weight excluding hydrogens is 227 g/mol. The lowest BCUT2D eigenvalue weighted by Crippen LogP contribution is -2.26. The van der Waals surface area contributed by atoms with Crippen LogP contribution in [-0.2, 0) is 0 Å². The molecule has 1 heterocycles. The van der Waals surface area contributed by atoms with Crippen LogP contribution < -0.4 is 10.6 Å². The van der Waals surface area contributed by atoms with Gasteiger partial charge in [-0.1, -0.05) is 23.7 Å². The number of fused-ring (bicyclic) bond motifs is 1. The molecule has 4 heteroatoms. The highest BCUT2D eigenvalue weighted by Gasteiger charge is 2.29. The van der Waals surface area contributed by atoms with Gasteiger partial charge in [0.15, 0.2) is 0 Å². The summed E-state index contributed by atoms with van der Waals surface area (Å²) in [5.41, 5.74) is 2.03. The average Bonchev–Trinajstić information content (AvgIpc) is 2.21. The van der Waals surface area contributed by atoms with Gasteiger partial charge in [-0.15, -0.1) is 0 Å².